The van der Waals surface area contributed by atoms with Crippen LogP contribution in [0.5, 0.6) is 5.75 Å². The van der Waals surface area contributed by atoms with Crippen molar-refractivity contribution in [2.45, 2.75) is 6.92 Å². The summed E-state index contributed by atoms with van der Waals surface area (Å²) in [6.07, 6.45) is 0. The molecule has 3 nitrogen and oxygen atoms in total. The Bertz CT molecular complexity index is 463. The maximum absolute atomic E-state index is 12.9. The fourth-order valence-electron chi connectivity index (χ4n) is 1.57. The summed E-state index contributed by atoms with van der Waals surface area (Å²) in [6.45, 7) is 1.68. The Hall–Kier alpha value is -1.84. The van der Waals surface area contributed by atoms with Gasteiger partial charge in [0.2, 0.25) is 0 Å². The van der Waals surface area contributed by atoms with Crippen molar-refractivity contribution in [2.75, 3.05) is 6.61 Å². The summed E-state index contributed by atoms with van der Waals surface area (Å²) in [7, 11) is 0. The summed E-state index contributed by atoms with van der Waals surface area (Å²) in [4.78, 5) is 10.8. The van der Waals surface area contributed by atoms with Crippen molar-refractivity contribution in [3.05, 3.63) is 35.2 Å². The Morgan fingerprint density at radius 3 is 2.93 bits per heavy atom. The Morgan fingerprint density at radius 1 is 1.53 bits per heavy atom. The normalized spacial score (nSPS) is 14.5. The first-order valence-electron chi connectivity index (χ1n) is 4.45. The molecule has 0 saturated carbocycles. The van der Waals surface area contributed by atoms with Crippen molar-refractivity contribution in [3.63, 3.8) is 0 Å². The average molecular weight is 208 g/mol. The van der Waals surface area contributed by atoms with Gasteiger partial charge in [-0.05, 0) is 24.6 Å². The number of carbonyl (C=O) groups is 1. The van der Waals surface area contributed by atoms with Crippen LogP contribution in [-0.4, -0.2) is 17.7 Å². The summed E-state index contributed by atoms with van der Waals surface area (Å²) >= 11 is 0. The Kier molecular flexibility index (Phi) is 2.19. The van der Waals surface area contributed by atoms with Gasteiger partial charge >= 0.3 is 5.97 Å². The number of hydrogen-bond acceptors (Lipinski definition) is 2. The molecule has 4 heteroatoms. The highest BCUT2D eigenvalue weighted by Crippen LogP contribution is 2.33. The van der Waals surface area contributed by atoms with E-state index >= 15 is 0 Å². The fourth-order valence-corrected chi connectivity index (χ4v) is 1.57. The van der Waals surface area contributed by atoms with Gasteiger partial charge < -0.3 is 9.84 Å². The zero-order valence-electron chi connectivity index (χ0n) is 8.08. The minimum Gasteiger partial charge on any atom is -0.488 e. The van der Waals surface area contributed by atoms with Gasteiger partial charge in [-0.25, -0.2) is 9.18 Å². The van der Waals surface area contributed by atoms with Crippen LogP contribution in [0.15, 0.2) is 23.8 Å². The number of rotatable bonds is 1. The highest BCUT2D eigenvalue weighted by molar-refractivity contribution is 5.97. The third-order valence-corrected chi connectivity index (χ3v) is 2.43. The highest BCUT2D eigenvalue weighted by atomic mass is 19.1. The molecule has 1 aromatic carbocycles. The number of hydrogen-bond donors (Lipinski definition) is 1. The lowest BCUT2D eigenvalue weighted by Gasteiger charge is -2.19. The predicted molar refractivity (Wildman–Crippen MR) is 52.1 cm³/mol. The second kappa shape index (κ2) is 3.38. The van der Waals surface area contributed by atoms with Gasteiger partial charge in [0.15, 0.2) is 0 Å². The second-order valence-electron chi connectivity index (χ2n) is 3.34. The molecule has 0 aromatic heterocycles. The van der Waals surface area contributed by atoms with Crippen molar-refractivity contribution in [3.8, 4) is 5.75 Å². The van der Waals surface area contributed by atoms with Gasteiger partial charge in [-0.15, -0.1) is 0 Å². The maximum atomic E-state index is 12.9. The van der Waals surface area contributed by atoms with E-state index < -0.39 is 5.97 Å². The van der Waals surface area contributed by atoms with Crippen molar-refractivity contribution < 1.29 is 19.0 Å². The van der Waals surface area contributed by atoms with Gasteiger partial charge in [0.05, 0.1) is 5.57 Å². The number of fused-ring (bicyclic) bond motifs is 1. The largest absolute Gasteiger partial charge is 0.488 e. The van der Waals surface area contributed by atoms with Crippen LogP contribution in [0.2, 0.25) is 0 Å². The lowest BCUT2D eigenvalue weighted by Crippen LogP contribution is -2.16. The molecule has 1 heterocycles. The summed E-state index contributed by atoms with van der Waals surface area (Å²) in [6, 6.07) is 4.08. The van der Waals surface area contributed by atoms with Crippen molar-refractivity contribution >= 4 is 11.5 Å². The number of ether oxygens (including phenoxy) is 1. The van der Waals surface area contributed by atoms with Crippen molar-refractivity contribution in [2.24, 2.45) is 0 Å². The molecule has 0 radical (unpaired) electrons. The molecule has 0 amide bonds. The average Bonchev–Trinajstić information content (AvgIpc) is 2.17. The molecule has 0 aliphatic carbocycles. The van der Waals surface area contributed by atoms with E-state index in [4.69, 9.17) is 9.84 Å². The summed E-state index contributed by atoms with van der Waals surface area (Å²) in [5.41, 5.74) is 1.48. The molecule has 15 heavy (non-hydrogen) atoms. The van der Waals surface area contributed by atoms with E-state index in [1.54, 1.807) is 6.92 Å². The van der Waals surface area contributed by atoms with Gasteiger partial charge in [0.25, 0.3) is 0 Å². The summed E-state index contributed by atoms with van der Waals surface area (Å²) in [5.74, 6) is -0.986. The van der Waals surface area contributed by atoms with Gasteiger partial charge in [0, 0.05) is 11.6 Å². The number of carboxylic acid groups (broad SMARTS) is 1. The Labute approximate surface area is 85.8 Å². The molecule has 0 atom stereocenters. The molecule has 0 spiro atoms. The molecule has 1 N–H and O–H groups in total. The number of allylic oxidation sites excluding steroid dienone is 1. The van der Waals surface area contributed by atoms with Crippen LogP contribution < -0.4 is 4.74 Å². The molecule has 1 aliphatic rings. The molecule has 1 aromatic rings. The molecule has 2 rings (SSSR count). The standard InChI is InChI=1S/C11H9FO3/c1-6-8-3-2-7(12)4-10(8)15-5-9(6)11(13)14/h2-4H,5H2,1H3,(H,13,14). The number of benzene rings is 1. The lowest BCUT2D eigenvalue weighted by atomic mass is 9.98. The first kappa shape index (κ1) is 9.71. The van der Waals surface area contributed by atoms with Gasteiger partial charge in [-0.2, -0.15) is 0 Å². The van der Waals surface area contributed by atoms with E-state index in [9.17, 15) is 9.18 Å². The first-order valence-corrected chi connectivity index (χ1v) is 4.45. The van der Waals surface area contributed by atoms with Crippen LogP contribution in [0.25, 0.3) is 5.57 Å². The fraction of sp³-hybridized carbons (Fsp3) is 0.182. The molecular formula is C11H9FO3. The third-order valence-electron chi connectivity index (χ3n) is 2.43. The highest BCUT2D eigenvalue weighted by Gasteiger charge is 2.21. The van der Waals surface area contributed by atoms with Gasteiger partial charge in [-0.1, -0.05) is 0 Å². The van der Waals surface area contributed by atoms with Crippen LogP contribution in [0, 0.1) is 5.82 Å². The lowest BCUT2D eigenvalue weighted by molar-refractivity contribution is -0.133. The molecule has 0 bridgehead atoms. The topological polar surface area (TPSA) is 46.5 Å². The molecule has 78 valence electrons. The maximum Gasteiger partial charge on any atom is 0.335 e. The Morgan fingerprint density at radius 2 is 2.27 bits per heavy atom. The van der Waals surface area contributed by atoms with E-state index in [1.165, 1.54) is 18.2 Å². The van der Waals surface area contributed by atoms with E-state index in [1.807, 2.05) is 0 Å². The molecular weight excluding hydrogens is 199 g/mol. The number of aliphatic carboxylic acids is 1. The van der Waals surface area contributed by atoms with E-state index in [2.05, 4.69) is 0 Å². The van der Waals surface area contributed by atoms with Crippen LogP contribution >= 0.6 is 0 Å². The van der Waals surface area contributed by atoms with Crippen LogP contribution in [0.1, 0.15) is 12.5 Å². The van der Waals surface area contributed by atoms with Crippen molar-refractivity contribution in [1.82, 2.24) is 0 Å². The zero-order chi connectivity index (χ0) is 11.0. The van der Waals surface area contributed by atoms with Gasteiger partial charge in [-0.3, -0.25) is 0 Å². The minimum atomic E-state index is -0.998. The van der Waals surface area contributed by atoms with Crippen LogP contribution in [0.3, 0.4) is 0 Å². The van der Waals surface area contributed by atoms with Gasteiger partial charge in [0.1, 0.15) is 18.2 Å². The van der Waals surface area contributed by atoms with E-state index in [-0.39, 0.29) is 18.0 Å². The summed E-state index contributed by atoms with van der Waals surface area (Å²) in [5, 5.41) is 8.88. The molecule has 0 unspecified atom stereocenters. The second-order valence-corrected chi connectivity index (χ2v) is 3.34. The first-order chi connectivity index (χ1) is 7.09. The monoisotopic (exact) mass is 208 g/mol. The smallest absolute Gasteiger partial charge is 0.335 e. The van der Waals surface area contributed by atoms with E-state index in [0.29, 0.717) is 16.9 Å². The minimum absolute atomic E-state index is 0.0163. The quantitative estimate of drug-likeness (QED) is 0.768. The SMILES string of the molecule is CC1=C(C(=O)O)COc2cc(F)ccc21. The molecule has 0 saturated heterocycles. The van der Waals surface area contributed by atoms with Crippen molar-refractivity contribution in [1.29, 1.82) is 0 Å². The Balaban J connectivity index is 2.57. The third kappa shape index (κ3) is 1.58. The van der Waals surface area contributed by atoms with E-state index in [0.717, 1.165) is 0 Å². The predicted octanol–water partition coefficient (Wildman–Crippen LogP) is 2.08. The van der Waals surface area contributed by atoms with Crippen LogP contribution in [-0.2, 0) is 4.79 Å². The zero-order valence-corrected chi connectivity index (χ0v) is 8.08. The molecule has 1 aliphatic heterocycles. The summed E-state index contributed by atoms with van der Waals surface area (Å²) < 4.78 is 18.0. The molecule has 0 fully saturated rings. The number of carboxylic acids is 1. The van der Waals surface area contributed by atoms with Crippen LogP contribution in [0.4, 0.5) is 4.39 Å². The number of halogens is 1.